The van der Waals surface area contributed by atoms with Gasteiger partial charge in [-0.2, -0.15) is 5.48 Å². The number of hydrogen-bond donors (Lipinski definition) is 3. The van der Waals surface area contributed by atoms with Crippen molar-refractivity contribution in [2.45, 2.75) is 32.7 Å². The molecule has 0 amide bonds. The maximum atomic E-state index is 8.47. The van der Waals surface area contributed by atoms with Crippen molar-refractivity contribution in [3.8, 4) is 0 Å². The summed E-state index contributed by atoms with van der Waals surface area (Å²) >= 11 is 0. The normalized spacial score (nSPS) is 12.0. The van der Waals surface area contributed by atoms with Gasteiger partial charge in [0.15, 0.2) is 0 Å². The van der Waals surface area contributed by atoms with E-state index in [1.165, 1.54) is 0 Å². The van der Waals surface area contributed by atoms with Gasteiger partial charge in [-0.15, -0.1) is 0 Å². The van der Waals surface area contributed by atoms with Crippen molar-refractivity contribution < 1.29 is 9.94 Å². The molecule has 0 saturated carbocycles. The van der Waals surface area contributed by atoms with Crippen molar-refractivity contribution in [2.24, 2.45) is 0 Å². The molecule has 3 N–H and O–H groups in total. The highest BCUT2D eigenvalue weighted by Crippen LogP contribution is 2.05. The first-order chi connectivity index (χ1) is 6.12. The van der Waals surface area contributed by atoms with E-state index in [0.29, 0.717) is 13.2 Å². The van der Waals surface area contributed by atoms with Crippen LogP contribution in [0.5, 0.6) is 0 Å². The minimum atomic E-state index is 0.0387. The fourth-order valence-electron chi connectivity index (χ4n) is 0.646. The van der Waals surface area contributed by atoms with Gasteiger partial charge in [-0.3, -0.25) is 4.84 Å². The van der Waals surface area contributed by atoms with E-state index in [1.807, 2.05) is 0 Å². The number of aliphatic hydroxyl groups excluding tert-OH is 1. The number of aliphatic hydroxyl groups is 1. The van der Waals surface area contributed by atoms with E-state index in [0.717, 1.165) is 13.0 Å². The van der Waals surface area contributed by atoms with Gasteiger partial charge in [0.05, 0.1) is 13.2 Å². The fourth-order valence-corrected chi connectivity index (χ4v) is 0.646. The van der Waals surface area contributed by atoms with Gasteiger partial charge in [-0.05, 0) is 20.3 Å². The summed E-state index contributed by atoms with van der Waals surface area (Å²) in [5.41, 5.74) is 3.02. The largest absolute Gasteiger partial charge is 0.395 e. The molecule has 0 rings (SSSR count). The van der Waals surface area contributed by atoms with E-state index in [9.17, 15) is 0 Å². The summed E-state index contributed by atoms with van der Waals surface area (Å²) in [6, 6.07) is 0. The molecule has 4 heteroatoms. The predicted molar refractivity (Wildman–Crippen MR) is 53.4 cm³/mol. The van der Waals surface area contributed by atoms with Gasteiger partial charge >= 0.3 is 0 Å². The van der Waals surface area contributed by atoms with Crippen LogP contribution in [0.1, 0.15) is 27.2 Å². The highest BCUT2D eigenvalue weighted by atomic mass is 16.6. The average Bonchev–Trinajstić information content (AvgIpc) is 2.11. The number of nitrogens with one attached hydrogen (secondary N) is 2. The van der Waals surface area contributed by atoms with Gasteiger partial charge in [-0.25, -0.2) is 0 Å². The molecule has 0 aliphatic rings. The van der Waals surface area contributed by atoms with Crippen LogP contribution in [0.3, 0.4) is 0 Å². The van der Waals surface area contributed by atoms with Gasteiger partial charge in [0, 0.05) is 18.6 Å². The molecule has 0 aromatic heterocycles. The average molecular weight is 190 g/mol. The Morgan fingerprint density at radius 1 is 1.31 bits per heavy atom. The lowest BCUT2D eigenvalue weighted by Gasteiger charge is -2.23. The molecule has 13 heavy (non-hydrogen) atoms. The van der Waals surface area contributed by atoms with E-state index in [2.05, 4.69) is 31.6 Å². The third-order valence-electron chi connectivity index (χ3n) is 1.90. The second-order valence-corrected chi connectivity index (χ2v) is 3.66. The molecule has 0 aliphatic carbocycles. The molecule has 0 heterocycles. The predicted octanol–water partition coefficient (Wildman–Crippen LogP) is 0.278. The lowest BCUT2D eigenvalue weighted by atomic mass is 10.0. The van der Waals surface area contributed by atoms with Crippen LogP contribution in [0.4, 0.5) is 0 Å². The lowest BCUT2D eigenvalue weighted by molar-refractivity contribution is -0.0112. The first-order valence-corrected chi connectivity index (χ1v) is 4.83. The summed E-state index contributed by atoms with van der Waals surface area (Å²) in [4.78, 5) is 5.24. The van der Waals surface area contributed by atoms with Gasteiger partial charge in [0.2, 0.25) is 0 Å². The van der Waals surface area contributed by atoms with E-state index >= 15 is 0 Å². The highest BCUT2D eigenvalue weighted by Gasteiger charge is 2.13. The second-order valence-electron chi connectivity index (χ2n) is 3.66. The summed E-state index contributed by atoms with van der Waals surface area (Å²) in [6.07, 6.45) is 1.02. The number of rotatable bonds is 8. The molecule has 0 saturated heterocycles. The Hall–Kier alpha value is -0.160. The minimum absolute atomic E-state index is 0.0387. The third kappa shape index (κ3) is 8.18. The monoisotopic (exact) mass is 190 g/mol. The van der Waals surface area contributed by atoms with Crippen LogP contribution in [0.2, 0.25) is 0 Å². The van der Waals surface area contributed by atoms with E-state index in [4.69, 9.17) is 9.94 Å². The highest BCUT2D eigenvalue weighted by molar-refractivity contribution is 4.69. The van der Waals surface area contributed by atoms with Crippen molar-refractivity contribution >= 4 is 0 Å². The van der Waals surface area contributed by atoms with Crippen LogP contribution < -0.4 is 10.8 Å². The summed E-state index contributed by atoms with van der Waals surface area (Å²) in [5.74, 6) is 0. The maximum absolute atomic E-state index is 8.47. The fraction of sp³-hybridized carbons (Fsp3) is 1.00. The molecule has 0 fully saturated rings. The van der Waals surface area contributed by atoms with E-state index < -0.39 is 0 Å². The maximum Gasteiger partial charge on any atom is 0.0807 e. The second kappa shape index (κ2) is 7.26. The van der Waals surface area contributed by atoms with Crippen molar-refractivity contribution in [1.82, 2.24) is 10.8 Å². The van der Waals surface area contributed by atoms with Crippen LogP contribution in [0.15, 0.2) is 0 Å². The minimum Gasteiger partial charge on any atom is -0.395 e. The smallest absolute Gasteiger partial charge is 0.0807 e. The summed E-state index contributed by atoms with van der Waals surface area (Å²) in [7, 11) is 0. The molecule has 0 atom stereocenters. The first kappa shape index (κ1) is 12.8. The van der Waals surface area contributed by atoms with Crippen molar-refractivity contribution in [2.75, 3.05) is 26.3 Å². The third-order valence-corrected chi connectivity index (χ3v) is 1.90. The van der Waals surface area contributed by atoms with Crippen molar-refractivity contribution in [3.05, 3.63) is 0 Å². The van der Waals surface area contributed by atoms with Crippen LogP contribution >= 0.6 is 0 Å². The topological polar surface area (TPSA) is 53.5 Å². The number of hydrogen-bond acceptors (Lipinski definition) is 4. The molecule has 0 bridgehead atoms. The van der Waals surface area contributed by atoms with Gasteiger partial charge in [0.1, 0.15) is 0 Å². The summed E-state index contributed by atoms with van der Waals surface area (Å²) in [6.45, 7) is 8.47. The molecule has 4 nitrogen and oxygen atoms in total. The molecule has 0 aromatic rings. The molecule has 0 radical (unpaired) electrons. The van der Waals surface area contributed by atoms with Crippen LogP contribution in [0, 0.1) is 0 Å². The standard InChI is InChI=1S/C9H22N2O2/c1-4-9(2,3)11-13-8-6-10-5-7-12/h10-12H,4-8H2,1-3H3. The molecular weight excluding hydrogens is 168 g/mol. The summed E-state index contributed by atoms with van der Waals surface area (Å²) in [5, 5.41) is 11.5. The van der Waals surface area contributed by atoms with Gasteiger partial charge < -0.3 is 10.4 Å². The molecule has 0 spiro atoms. The lowest BCUT2D eigenvalue weighted by Crippen LogP contribution is -2.39. The Balaban J connectivity index is 3.16. The SMILES string of the molecule is CCC(C)(C)NOCCNCCO. The van der Waals surface area contributed by atoms with Crippen LogP contribution in [-0.2, 0) is 4.84 Å². The van der Waals surface area contributed by atoms with Crippen molar-refractivity contribution in [3.63, 3.8) is 0 Å². The zero-order valence-corrected chi connectivity index (χ0v) is 8.89. The van der Waals surface area contributed by atoms with Gasteiger partial charge in [-0.1, -0.05) is 6.92 Å². The quantitative estimate of drug-likeness (QED) is 0.380. The number of hydroxylamine groups is 1. The molecular formula is C9H22N2O2. The molecule has 0 aromatic carbocycles. The Morgan fingerprint density at radius 2 is 2.00 bits per heavy atom. The summed E-state index contributed by atoms with van der Waals surface area (Å²) < 4.78 is 0. The molecule has 0 unspecified atom stereocenters. The Morgan fingerprint density at radius 3 is 2.54 bits per heavy atom. The Labute approximate surface area is 80.6 Å². The molecule has 0 aliphatic heterocycles. The van der Waals surface area contributed by atoms with E-state index in [-0.39, 0.29) is 12.1 Å². The molecule has 80 valence electrons. The van der Waals surface area contributed by atoms with Crippen LogP contribution in [0.25, 0.3) is 0 Å². The van der Waals surface area contributed by atoms with E-state index in [1.54, 1.807) is 0 Å². The Kier molecular flexibility index (Phi) is 7.17. The zero-order chi connectivity index (χ0) is 10.2. The van der Waals surface area contributed by atoms with Gasteiger partial charge in [0.25, 0.3) is 0 Å². The van der Waals surface area contributed by atoms with Crippen LogP contribution in [-0.4, -0.2) is 36.9 Å². The first-order valence-electron chi connectivity index (χ1n) is 4.83. The van der Waals surface area contributed by atoms with Crippen molar-refractivity contribution in [1.29, 1.82) is 0 Å². The zero-order valence-electron chi connectivity index (χ0n) is 8.89. The Bertz CT molecular complexity index is 118.